The molecule has 0 saturated heterocycles. The summed E-state index contributed by atoms with van der Waals surface area (Å²) in [6.07, 6.45) is 5.27. The Kier molecular flexibility index (Phi) is 4.05. The van der Waals surface area contributed by atoms with Crippen molar-refractivity contribution in [1.29, 1.82) is 0 Å². The number of nitrogens with zero attached hydrogens (tertiary/aromatic N) is 1. The summed E-state index contributed by atoms with van der Waals surface area (Å²) in [7, 11) is 0. The third-order valence-corrected chi connectivity index (χ3v) is 2.10. The molecule has 0 N–H and O–H groups in total. The first-order chi connectivity index (χ1) is 6.72. The van der Waals surface area contributed by atoms with Crippen LogP contribution in [0.3, 0.4) is 0 Å². The van der Waals surface area contributed by atoms with Gasteiger partial charge in [0, 0.05) is 25.2 Å². The largest absolute Gasteiger partial charge is 0.299 e. The first-order valence-electron chi connectivity index (χ1n) is 4.79. The summed E-state index contributed by atoms with van der Waals surface area (Å²) in [6, 6.07) is 3.74. The van der Waals surface area contributed by atoms with E-state index in [0.717, 1.165) is 17.6 Å². The molecule has 1 aromatic rings. The molecule has 0 bridgehead atoms. The van der Waals surface area contributed by atoms with Gasteiger partial charge in [0.1, 0.15) is 5.78 Å². The van der Waals surface area contributed by atoms with E-state index in [-0.39, 0.29) is 5.78 Å². The summed E-state index contributed by atoms with van der Waals surface area (Å²) >= 11 is 0. The van der Waals surface area contributed by atoms with E-state index in [1.54, 1.807) is 12.4 Å². The van der Waals surface area contributed by atoms with E-state index in [1.165, 1.54) is 0 Å². The molecule has 0 amide bonds. The number of carbonyl (C=O) groups excluding carboxylic acids is 1. The summed E-state index contributed by atoms with van der Waals surface area (Å²) < 4.78 is 0. The van der Waals surface area contributed by atoms with Crippen molar-refractivity contribution in [3.63, 3.8) is 0 Å². The van der Waals surface area contributed by atoms with Crippen LogP contribution in [0.5, 0.6) is 0 Å². The average Bonchev–Trinajstić information content (AvgIpc) is 2.19. The summed E-state index contributed by atoms with van der Waals surface area (Å²) in [5.41, 5.74) is 2.03. The molecule has 2 heteroatoms. The number of rotatable bonds is 5. The Balaban J connectivity index is 2.46. The standard InChI is InChI=1S/C12H15NO/c1-3-10(2)8-12(14)9-11-4-6-13-7-5-11/h4-7H,2-3,8-9H2,1H3. The van der Waals surface area contributed by atoms with Crippen LogP contribution in [0.25, 0.3) is 0 Å². The predicted molar refractivity (Wildman–Crippen MR) is 57.0 cm³/mol. The summed E-state index contributed by atoms with van der Waals surface area (Å²) in [6.45, 7) is 5.84. The fourth-order valence-electron chi connectivity index (χ4n) is 1.19. The molecule has 0 unspecified atom stereocenters. The molecule has 0 radical (unpaired) electrons. The van der Waals surface area contributed by atoms with Gasteiger partial charge in [0.25, 0.3) is 0 Å². The Hall–Kier alpha value is -1.44. The molecule has 0 fully saturated rings. The molecular formula is C12H15NO. The normalized spacial score (nSPS) is 9.79. The van der Waals surface area contributed by atoms with Crippen molar-refractivity contribution in [3.8, 4) is 0 Å². The lowest BCUT2D eigenvalue weighted by Crippen LogP contribution is -2.03. The molecule has 0 saturated carbocycles. The van der Waals surface area contributed by atoms with Gasteiger partial charge < -0.3 is 0 Å². The van der Waals surface area contributed by atoms with E-state index in [4.69, 9.17) is 0 Å². The molecule has 2 nitrogen and oxygen atoms in total. The van der Waals surface area contributed by atoms with Gasteiger partial charge in [-0.05, 0) is 24.1 Å². The first kappa shape index (κ1) is 10.6. The molecule has 1 aromatic heterocycles. The molecule has 0 aromatic carbocycles. The topological polar surface area (TPSA) is 30.0 Å². The van der Waals surface area contributed by atoms with Crippen LogP contribution in [0.2, 0.25) is 0 Å². The monoisotopic (exact) mass is 189 g/mol. The molecule has 0 aliphatic heterocycles. The van der Waals surface area contributed by atoms with Crippen LogP contribution in [0, 0.1) is 0 Å². The smallest absolute Gasteiger partial charge is 0.141 e. The van der Waals surface area contributed by atoms with E-state index >= 15 is 0 Å². The maximum Gasteiger partial charge on any atom is 0.141 e. The highest BCUT2D eigenvalue weighted by molar-refractivity contribution is 5.82. The number of aromatic nitrogens is 1. The Morgan fingerprint density at radius 2 is 2.07 bits per heavy atom. The lowest BCUT2D eigenvalue weighted by molar-refractivity contribution is -0.117. The molecule has 0 atom stereocenters. The fraction of sp³-hybridized carbons (Fsp3) is 0.333. The minimum absolute atomic E-state index is 0.225. The maximum absolute atomic E-state index is 11.5. The number of hydrogen-bond acceptors (Lipinski definition) is 2. The minimum atomic E-state index is 0.225. The first-order valence-corrected chi connectivity index (χ1v) is 4.79. The van der Waals surface area contributed by atoms with Gasteiger partial charge in [0.2, 0.25) is 0 Å². The molecule has 14 heavy (non-hydrogen) atoms. The van der Waals surface area contributed by atoms with Gasteiger partial charge in [-0.2, -0.15) is 0 Å². The van der Waals surface area contributed by atoms with Crippen molar-refractivity contribution in [2.24, 2.45) is 0 Å². The zero-order valence-corrected chi connectivity index (χ0v) is 8.49. The number of hydrogen-bond donors (Lipinski definition) is 0. The number of allylic oxidation sites excluding steroid dienone is 1. The van der Waals surface area contributed by atoms with E-state index < -0.39 is 0 Å². The Bertz CT molecular complexity index is 316. The molecule has 1 rings (SSSR count). The van der Waals surface area contributed by atoms with Crippen LogP contribution in [-0.4, -0.2) is 10.8 Å². The van der Waals surface area contributed by atoms with Crippen LogP contribution in [-0.2, 0) is 11.2 Å². The van der Waals surface area contributed by atoms with Crippen LogP contribution in [0.1, 0.15) is 25.3 Å². The molecule has 0 aliphatic carbocycles. The second-order valence-corrected chi connectivity index (χ2v) is 3.35. The number of pyridine rings is 1. The summed E-state index contributed by atoms with van der Waals surface area (Å²) in [4.78, 5) is 15.4. The molecule has 0 aliphatic rings. The maximum atomic E-state index is 11.5. The van der Waals surface area contributed by atoms with Gasteiger partial charge in [0.15, 0.2) is 0 Å². The van der Waals surface area contributed by atoms with Gasteiger partial charge in [-0.25, -0.2) is 0 Å². The van der Waals surface area contributed by atoms with Crippen molar-refractivity contribution in [2.75, 3.05) is 0 Å². The van der Waals surface area contributed by atoms with Crippen molar-refractivity contribution in [2.45, 2.75) is 26.2 Å². The predicted octanol–water partition coefficient (Wildman–Crippen LogP) is 2.55. The van der Waals surface area contributed by atoms with Crippen molar-refractivity contribution in [3.05, 3.63) is 42.2 Å². The third-order valence-electron chi connectivity index (χ3n) is 2.10. The zero-order valence-electron chi connectivity index (χ0n) is 8.49. The van der Waals surface area contributed by atoms with Crippen molar-refractivity contribution >= 4 is 5.78 Å². The van der Waals surface area contributed by atoms with E-state index in [9.17, 15) is 4.79 Å². The van der Waals surface area contributed by atoms with Crippen LogP contribution >= 0.6 is 0 Å². The molecular weight excluding hydrogens is 174 g/mol. The van der Waals surface area contributed by atoms with Crippen LogP contribution in [0.4, 0.5) is 0 Å². The second kappa shape index (κ2) is 5.32. The second-order valence-electron chi connectivity index (χ2n) is 3.35. The molecule has 0 spiro atoms. The number of carbonyl (C=O) groups is 1. The quantitative estimate of drug-likeness (QED) is 0.666. The van der Waals surface area contributed by atoms with Crippen molar-refractivity contribution < 1.29 is 4.79 Å². The SMILES string of the molecule is C=C(CC)CC(=O)Cc1ccncc1. The lowest BCUT2D eigenvalue weighted by atomic mass is 10.0. The van der Waals surface area contributed by atoms with Gasteiger partial charge >= 0.3 is 0 Å². The zero-order chi connectivity index (χ0) is 10.4. The summed E-state index contributed by atoms with van der Waals surface area (Å²) in [5, 5.41) is 0. The number of Topliss-reactive ketones (excluding diaryl/α,β-unsaturated/α-hetero) is 1. The van der Waals surface area contributed by atoms with Gasteiger partial charge in [-0.15, -0.1) is 0 Å². The van der Waals surface area contributed by atoms with E-state index in [0.29, 0.717) is 12.8 Å². The van der Waals surface area contributed by atoms with Crippen molar-refractivity contribution in [1.82, 2.24) is 4.98 Å². The van der Waals surface area contributed by atoms with Crippen LogP contribution < -0.4 is 0 Å². The number of ketones is 1. The highest BCUT2D eigenvalue weighted by atomic mass is 16.1. The van der Waals surface area contributed by atoms with Gasteiger partial charge in [-0.3, -0.25) is 9.78 Å². The van der Waals surface area contributed by atoms with E-state index in [1.807, 2.05) is 19.1 Å². The fourth-order valence-corrected chi connectivity index (χ4v) is 1.19. The Morgan fingerprint density at radius 1 is 1.43 bits per heavy atom. The lowest BCUT2D eigenvalue weighted by Gasteiger charge is -2.01. The Morgan fingerprint density at radius 3 is 2.64 bits per heavy atom. The summed E-state index contributed by atoms with van der Waals surface area (Å²) in [5.74, 6) is 0.225. The average molecular weight is 189 g/mol. The third kappa shape index (κ3) is 3.52. The van der Waals surface area contributed by atoms with Gasteiger partial charge in [0.05, 0.1) is 0 Å². The van der Waals surface area contributed by atoms with Crippen LogP contribution in [0.15, 0.2) is 36.7 Å². The molecule has 1 heterocycles. The minimum Gasteiger partial charge on any atom is -0.299 e. The van der Waals surface area contributed by atoms with Gasteiger partial charge in [-0.1, -0.05) is 19.1 Å². The highest BCUT2D eigenvalue weighted by Gasteiger charge is 2.04. The Labute approximate surface area is 84.7 Å². The molecule has 74 valence electrons. The van der Waals surface area contributed by atoms with E-state index in [2.05, 4.69) is 11.6 Å². The highest BCUT2D eigenvalue weighted by Crippen LogP contribution is 2.07.